The van der Waals surface area contributed by atoms with Crippen molar-refractivity contribution in [2.75, 3.05) is 10.6 Å². The second-order valence-electron chi connectivity index (χ2n) is 7.27. The molecule has 0 saturated heterocycles. The number of anilines is 2. The number of fused-ring (bicyclic) bond motifs is 1. The molecule has 0 aliphatic carbocycles. The molecule has 3 aromatic carbocycles. The van der Waals surface area contributed by atoms with Gasteiger partial charge in [-0.3, -0.25) is 0 Å². The highest BCUT2D eigenvalue weighted by molar-refractivity contribution is 6.30. The molecule has 2 amide bonds. The number of nitrogens with one attached hydrogen (secondary N) is 2. The minimum Gasteiger partial charge on any atom is -0.308 e. The molecule has 160 valence electrons. The Kier molecular flexibility index (Phi) is 5.66. The highest BCUT2D eigenvalue weighted by atomic mass is 35.5. The van der Waals surface area contributed by atoms with E-state index in [2.05, 4.69) is 15.6 Å². The number of urea groups is 1. The van der Waals surface area contributed by atoms with Gasteiger partial charge in [0, 0.05) is 28.0 Å². The van der Waals surface area contributed by atoms with E-state index in [0.717, 1.165) is 16.8 Å². The van der Waals surface area contributed by atoms with E-state index in [1.807, 2.05) is 60.7 Å². The van der Waals surface area contributed by atoms with Gasteiger partial charge in [0.15, 0.2) is 5.65 Å². The molecule has 0 spiro atoms. The molecule has 0 aliphatic rings. The third kappa shape index (κ3) is 4.51. The molecule has 2 heterocycles. The highest BCUT2D eigenvalue weighted by Crippen LogP contribution is 2.32. The van der Waals surface area contributed by atoms with Crippen molar-refractivity contribution < 1.29 is 4.79 Å². The molecule has 6 nitrogen and oxygen atoms in total. The summed E-state index contributed by atoms with van der Waals surface area (Å²) in [7, 11) is 0. The van der Waals surface area contributed by atoms with Crippen molar-refractivity contribution in [3.05, 3.63) is 102 Å². The van der Waals surface area contributed by atoms with Gasteiger partial charge in [0.05, 0.1) is 17.1 Å². The average Bonchev–Trinajstić information content (AvgIpc) is 2.84. The van der Waals surface area contributed by atoms with E-state index in [1.165, 1.54) is 0 Å². The summed E-state index contributed by atoms with van der Waals surface area (Å²) in [4.78, 5) is 26.8. The Balaban J connectivity index is 1.58. The number of nitrogens with zero attached hydrogens (tertiary/aromatic N) is 3. The zero-order chi connectivity index (χ0) is 22.6. The summed E-state index contributed by atoms with van der Waals surface area (Å²) in [6, 6.07) is 27.9. The summed E-state index contributed by atoms with van der Waals surface area (Å²) in [5.74, 6) is 0. The minimum absolute atomic E-state index is 0.417. The molecule has 0 unspecified atom stereocenters. The molecule has 33 heavy (non-hydrogen) atoms. The van der Waals surface area contributed by atoms with Crippen LogP contribution in [0.25, 0.3) is 33.7 Å². The first-order valence-corrected chi connectivity index (χ1v) is 10.7. The third-order valence-electron chi connectivity index (χ3n) is 5.00. The number of hydrogen-bond acceptors (Lipinski definition) is 4. The average molecular weight is 452 g/mol. The van der Waals surface area contributed by atoms with Crippen molar-refractivity contribution in [3.8, 4) is 22.5 Å². The summed E-state index contributed by atoms with van der Waals surface area (Å²) in [6.45, 7) is 0. The molecule has 0 aliphatic heterocycles. The number of hydrogen-bond donors (Lipinski definition) is 2. The zero-order valence-electron chi connectivity index (χ0n) is 17.4. The second kappa shape index (κ2) is 9.06. The van der Waals surface area contributed by atoms with Crippen LogP contribution in [0.15, 0.2) is 97.2 Å². The number of aromatic nitrogens is 3. The number of carbonyl (C=O) groups is 1. The molecular formula is C26H18ClN5O. The lowest BCUT2D eigenvalue weighted by Crippen LogP contribution is -2.20. The Labute approximate surface area is 195 Å². The van der Waals surface area contributed by atoms with Crippen molar-refractivity contribution >= 4 is 40.2 Å². The summed E-state index contributed by atoms with van der Waals surface area (Å²) in [5, 5.41) is 6.17. The van der Waals surface area contributed by atoms with Gasteiger partial charge >= 0.3 is 6.03 Å². The van der Waals surface area contributed by atoms with E-state index in [1.54, 1.807) is 36.5 Å². The number of amides is 2. The summed E-state index contributed by atoms with van der Waals surface area (Å²) in [6.07, 6.45) is 1.60. The zero-order valence-corrected chi connectivity index (χ0v) is 18.1. The van der Waals surface area contributed by atoms with Gasteiger partial charge in [-0.05, 0) is 24.3 Å². The summed E-state index contributed by atoms with van der Waals surface area (Å²) >= 11 is 6.01. The van der Waals surface area contributed by atoms with E-state index in [9.17, 15) is 4.79 Å². The fraction of sp³-hybridized carbons (Fsp3) is 0. The molecule has 0 bridgehead atoms. The van der Waals surface area contributed by atoms with Gasteiger partial charge < -0.3 is 10.6 Å². The Morgan fingerprint density at radius 3 is 2.06 bits per heavy atom. The Hall–Kier alpha value is -4.29. The molecule has 0 radical (unpaired) electrons. The predicted octanol–water partition coefficient (Wildman–Crippen LogP) is 6.66. The van der Waals surface area contributed by atoms with Crippen LogP contribution in [0.1, 0.15) is 0 Å². The molecule has 0 atom stereocenters. The third-order valence-corrected chi connectivity index (χ3v) is 5.23. The lowest BCUT2D eigenvalue weighted by molar-refractivity contribution is 0.262. The van der Waals surface area contributed by atoms with Gasteiger partial charge in [0.1, 0.15) is 5.52 Å². The van der Waals surface area contributed by atoms with Crippen LogP contribution in [0.2, 0.25) is 5.02 Å². The van der Waals surface area contributed by atoms with Crippen LogP contribution in [0, 0.1) is 0 Å². The number of pyridine rings is 1. The second-order valence-corrected chi connectivity index (χ2v) is 7.71. The van der Waals surface area contributed by atoms with Crippen molar-refractivity contribution in [3.63, 3.8) is 0 Å². The summed E-state index contributed by atoms with van der Waals surface area (Å²) in [5.41, 5.74) is 5.31. The molecule has 5 aromatic rings. The van der Waals surface area contributed by atoms with E-state index in [4.69, 9.17) is 21.6 Å². The van der Waals surface area contributed by atoms with Crippen LogP contribution < -0.4 is 10.6 Å². The van der Waals surface area contributed by atoms with Gasteiger partial charge in [-0.15, -0.1) is 0 Å². The molecule has 0 saturated carbocycles. The normalized spacial score (nSPS) is 10.7. The minimum atomic E-state index is -0.417. The van der Waals surface area contributed by atoms with Crippen LogP contribution in [-0.4, -0.2) is 21.0 Å². The molecule has 2 aromatic heterocycles. The van der Waals surface area contributed by atoms with Crippen LogP contribution in [0.3, 0.4) is 0 Å². The van der Waals surface area contributed by atoms with Gasteiger partial charge in [0.2, 0.25) is 0 Å². The van der Waals surface area contributed by atoms with Crippen LogP contribution in [0.5, 0.6) is 0 Å². The van der Waals surface area contributed by atoms with Gasteiger partial charge in [-0.1, -0.05) is 78.3 Å². The maximum atomic E-state index is 12.6. The maximum absolute atomic E-state index is 12.6. The quantitative estimate of drug-likeness (QED) is 0.320. The van der Waals surface area contributed by atoms with Crippen LogP contribution in [-0.2, 0) is 0 Å². The highest BCUT2D eigenvalue weighted by Gasteiger charge is 2.16. The maximum Gasteiger partial charge on any atom is 0.323 e. The van der Waals surface area contributed by atoms with Crippen molar-refractivity contribution in [2.24, 2.45) is 0 Å². The van der Waals surface area contributed by atoms with E-state index in [-0.39, 0.29) is 0 Å². The van der Waals surface area contributed by atoms with E-state index in [0.29, 0.717) is 33.3 Å². The Morgan fingerprint density at radius 2 is 1.39 bits per heavy atom. The van der Waals surface area contributed by atoms with Gasteiger partial charge in [-0.25, -0.2) is 19.7 Å². The van der Waals surface area contributed by atoms with Crippen molar-refractivity contribution in [1.82, 2.24) is 15.0 Å². The molecule has 2 N–H and O–H groups in total. The Morgan fingerprint density at radius 1 is 0.727 bits per heavy atom. The summed E-state index contributed by atoms with van der Waals surface area (Å²) < 4.78 is 0. The molecule has 5 rings (SSSR count). The van der Waals surface area contributed by atoms with Crippen molar-refractivity contribution in [2.45, 2.75) is 0 Å². The number of rotatable bonds is 4. The van der Waals surface area contributed by atoms with Crippen LogP contribution in [0.4, 0.5) is 16.2 Å². The van der Waals surface area contributed by atoms with Gasteiger partial charge in [-0.2, -0.15) is 0 Å². The smallest absolute Gasteiger partial charge is 0.308 e. The van der Waals surface area contributed by atoms with Crippen LogP contribution >= 0.6 is 11.6 Å². The number of benzene rings is 3. The van der Waals surface area contributed by atoms with E-state index < -0.39 is 6.03 Å². The van der Waals surface area contributed by atoms with Gasteiger partial charge in [0.25, 0.3) is 0 Å². The molecular weight excluding hydrogens is 434 g/mol. The standard InChI is InChI=1S/C26H18ClN5O/c27-19-12-7-13-20(16-19)29-26(33)30-21-14-15-28-25-24(21)31-22(17-8-3-1-4-9-17)23(32-25)18-10-5-2-6-11-18/h1-16H,(H2,28,29,30,32,33). The molecule has 7 heteroatoms. The number of halogens is 1. The topological polar surface area (TPSA) is 79.8 Å². The monoisotopic (exact) mass is 451 g/mol. The lowest BCUT2D eigenvalue weighted by atomic mass is 10.0. The Bertz CT molecular complexity index is 1440. The molecule has 0 fully saturated rings. The van der Waals surface area contributed by atoms with Crippen molar-refractivity contribution in [1.29, 1.82) is 0 Å². The first-order chi connectivity index (χ1) is 16.2. The fourth-order valence-electron chi connectivity index (χ4n) is 3.50. The SMILES string of the molecule is O=C(Nc1cccc(Cl)c1)Nc1ccnc2nc(-c3ccccc3)c(-c3ccccc3)nc12. The fourth-order valence-corrected chi connectivity index (χ4v) is 3.70. The largest absolute Gasteiger partial charge is 0.323 e. The number of carbonyl (C=O) groups excluding carboxylic acids is 1. The lowest BCUT2D eigenvalue weighted by Gasteiger charge is -2.13. The first-order valence-electron chi connectivity index (χ1n) is 10.3. The predicted molar refractivity (Wildman–Crippen MR) is 132 cm³/mol. The van der Waals surface area contributed by atoms with E-state index >= 15 is 0 Å². The first kappa shape index (κ1) is 20.6.